The van der Waals surface area contributed by atoms with E-state index in [1.807, 2.05) is 48.7 Å². The lowest BCUT2D eigenvalue weighted by molar-refractivity contribution is 0.0467. The molecule has 0 saturated heterocycles. The van der Waals surface area contributed by atoms with Crippen LogP contribution in [0.3, 0.4) is 0 Å². The summed E-state index contributed by atoms with van der Waals surface area (Å²) in [5.74, 6) is -1.45. The summed E-state index contributed by atoms with van der Waals surface area (Å²) >= 11 is 6.07. The van der Waals surface area contributed by atoms with Crippen molar-refractivity contribution >= 4 is 23.5 Å². The second kappa shape index (κ2) is 10.3. The maximum absolute atomic E-state index is 12.7. The summed E-state index contributed by atoms with van der Waals surface area (Å²) in [6.07, 6.45) is 1.85. The molecule has 2 heterocycles. The van der Waals surface area contributed by atoms with Gasteiger partial charge < -0.3 is 9.47 Å². The maximum atomic E-state index is 12.7. The van der Waals surface area contributed by atoms with Gasteiger partial charge in [0.15, 0.2) is 5.69 Å². The molecule has 0 atom stereocenters. The highest BCUT2D eigenvalue weighted by atomic mass is 35.5. The first-order valence-electron chi connectivity index (χ1n) is 10.7. The highest BCUT2D eigenvalue weighted by Crippen LogP contribution is 2.26. The second-order valence-electron chi connectivity index (χ2n) is 7.18. The number of carbonyl (C=O) groups excluding carboxylic acids is 2. The fraction of sp³-hybridized carbons (Fsp3) is 0.208. The molecule has 2 aromatic heterocycles. The van der Waals surface area contributed by atoms with Gasteiger partial charge in [0.1, 0.15) is 0 Å². The summed E-state index contributed by atoms with van der Waals surface area (Å²) < 4.78 is 13.3. The number of esters is 2. The smallest absolute Gasteiger partial charge is 0.361 e. The van der Waals surface area contributed by atoms with Crippen molar-refractivity contribution in [3.8, 4) is 16.9 Å². The molecule has 4 aromatic rings. The van der Waals surface area contributed by atoms with Gasteiger partial charge in [-0.05, 0) is 38.1 Å². The molecule has 0 unspecified atom stereocenters. The molecular formula is C24H22ClN5O4. The van der Waals surface area contributed by atoms with Crippen LogP contribution in [-0.4, -0.2) is 49.9 Å². The van der Waals surface area contributed by atoms with Gasteiger partial charge in [-0.1, -0.05) is 47.1 Å². The van der Waals surface area contributed by atoms with E-state index < -0.39 is 11.9 Å². The summed E-state index contributed by atoms with van der Waals surface area (Å²) in [6, 6.07) is 16.9. The molecule has 0 spiro atoms. The number of hydrogen-bond acceptors (Lipinski definition) is 7. The molecule has 0 amide bonds. The molecule has 0 saturated carbocycles. The van der Waals surface area contributed by atoms with Crippen LogP contribution in [0.2, 0.25) is 5.02 Å². The van der Waals surface area contributed by atoms with Gasteiger partial charge in [-0.3, -0.25) is 0 Å². The number of rotatable bonds is 8. The second-order valence-corrected chi connectivity index (χ2v) is 7.61. The molecule has 9 nitrogen and oxygen atoms in total. The highest BCUT2D eigenvalue weighted by Gasteiger charge is 2.28. The minimum atomic E-state index is -0.741. The van der Waals surface area contributed by atoms with Gasteiger partial charge in [0, 0.05) is 22.3 Å². The predicted molar refractivity (Wildman–Crippen MR) is 125 cm³/mol. The van der Waals surface area contributed by atoms with Crippen LogP contribution in [0.1, 0.15) is 40.4 Å². The van der Waals surface area contributed by atoms with Gasteiger partial charge in [-0.2, -0.15) is 5.10 Å². The predicted octanol–water partition coefficient (Wildman–Crippen LogP) is 4.19. The summed E-state index contributed by atoms with van der Waals surface area (Å²) in [5, 5.41) is 13.3. The van der Waals surface area contributed by atoms with Crippen molar-refractivity contribution in [1.82, 2.24) is 24.8 Å². The standard InChI is InChI=1S/C24H22ClN5O4/c1-3-33-23(31)21-22(24(32)34-4-2)30(28-26-21)15-17-14-29(19-8-6-5-7-9-19)27-20(17)16-10-12-18(25)13-11-16/h5-14H,3-4,15H2,1-2H3. The van der Waals surface area contributed by atoms with Crippen LogP contribution in [-0.2, 0) is 16.0 Å². The van der Waals surface area contributed by atoms with Crippen molar-refractivity contribution in [1.29, 1.82) is 0 Å². The zero-order valence-electron chi connectivity index (χ0n) is 18.6. The average Bonchev–Trinajstić information content (AvgIpc) is 3.45. The van der Waals surface area contributed by atoms with Crippen molar-refractivity contribution in [3.05, 3.63) is 82.8 Å². The lowest BCUT2D eigenvalue weighted by Crippen LogP contribution is -2.18. The van der Waals surface area contributed by atoms with E-state index in [1.54, 1.807) is 30.7 Å². The molecule has 2 aromatic carbocycles. The minimum Gasteiger partial charge on any atom is -0.461 e. The van der Waals surface area contributed by atoms with Crippen LogP contribution in [0.5, 0.6) is 0 Å². The Morgan fingerprint density at radius 2 is 1.62 bits per heavy atom. The Hall–Kier alpha value is -3.98. The van der Waals surface area contributed by atoms with Crippen LogP contribution in [0.15, 0.2) is 60.8 Å². The molecule has 0 bridgehead atoms. The number of ether oxygens (including phenoxy) is 2. The average molecular weight is 480 g/mol. The third-order valence-electron chi connectivity index (χ3n) is 4.92. The Bertz CT molecular complexity index is 1300. The van der Waals surface area contributed by atoms with Gasteiger partial charge in [0.25, 0.3) is 0 Å². The first-order chi connectivity index (χ1) is 16.5. The molecule has 0 N–H and O–H groups in total. The van der Waals surface area contributed by atoms with Crippen LogP contribution < -0.4 is 0 Å². The summed E-state index contributed by atoms with van der Waals surface area (Å²) in [4.78, 5) is 25.1. The highest BCUT2D eigenvalue weighted by molar-refractivity contribution is 6.30. The van der Waals surface area contributed by atoms with Crippen LogP contribution in [0.4, 0.5) is 0 Å². The van der Waals surface area contributed by atoms with E-state index in [4.69, 9.17) is 26.2 Å². The number of halogens is 1. The fourth-order valence-corrected chi connectivity index (χ4v) is 3.54. The SMILES string of the molecule is CCOC(=O)c1nnn(Cc2cn(-c3ccccc3)nc2-c2ccc(Cl)cc2)c1C(=O)OCC. The molecule has 174 valence electrons. The van der Waals surface area contributed by atoms with Crippen LogP contribution in [0, 0.1) is 0 Å². The Morgan fingerprint density at radius 3 is 2.29 bits per heavy atom. The van der Waals surface area contributed by atoms with Crippen molar-refractivity contribution in [2.24, 2.45) is 0 Å². The normalized spacial score (nSPS) is 10.8. The van der Waals surface area contributed by atoms with E-state index in [0.29, 0.717) is 10.7 Å². The van der Waals surface area contributed by atoms with E-state index in [2.05, 4.69) is 10.3 Å². The number of nitrogens with zero attached hydrogens (tertiary/aromatic N) is 5. The van der Waals surface area contributed by atoms with E-state index in [-0.39, 0.29) is 31.1 Å². The van der Waals surface area contributed by atoms with E-state index in [1.165, 1.54) is 4.68 Å². The molecule has 0 aliphatic heterocycles. The number of benzene rings is 2. The van der Waals surface area contributed by atoms with Crippen molar-refractivity contribution < 1.29 is 19.1 Å². The van der Waals surface area contributed by atoms with Gasteiger partial charge >= 0.3 is 11.9 Å². The Labute approximate surface area is 200 Å². The number of aromatic nitrogens is 5. The zero-order valence-corrected chi connectivity index (χ0v) is 19.4. The largest absolute Gasteiger partial charge is 0.461 e. The van der Waals surface area contributed by atoms with Gasteiger partial charge in [0.05, 0.1) is 31.1 Å². The van der Waals surface area contributed by atoms with Gasteiger partial charge in [-0.15, -0.1) is 5.10 Å². The number of para-hydroxylation sites is 1. The zero-order chi connectivity index (χ0) is 24.1. The van der Waals surface area contributed by atoms with E-state index in [0.717, 1.165) is 16.8 Å². The Balaban J connectivity index is 1.80. The summed E-state index contributed by atoms with van der Waals surface area (Å²) in [7, 11) is 0. The lowest BCUT2D eigenvalue weighted by Gasteiger charge is -2.08. The van der Waals surface area contributed by atoms with E-state index >= 15 is 0 Å². The molecule has 0 radical (unpaired) electrons. The lowest BCUT2D eigenvalue weighted by atomic mass is 10.1. The van der Waals surface area contributed by atoms with Crippen molar-refractivity contribution in [2.75, 3.05) is 13.2 Å². The first kappa shape index (κ1) is 23.2. The summed E-state index contributed by atoms with van der Waals surface area (Å²) in [6.45, 7) is 3.74. The van der Waals surface area contributed by atoms with E-state index in [9.17, 15) is 9.59 Å². The molecule has 0 aliphatic carbocycles. The molecule has 34 heavy (non-hydrogen) atoms. The summed E-state index contributed by atoms with van der Waals surface area (Å²) in [5.41, 5.74) is 2.84. The van der Waals surface area contributed by atoms with Gasteiger partial charge in [-0.25, -0.2) is 19.0 Å². The Morgan fingerprint density at radius 1 is 0.941 bits per heavy atom. The number of carbonyl (C=O) groups is 2. The number of hydrogen-bond donors (Lipinski definition) is 0. The molecular weight excluding hydrogens is 458 g/mol. The van der Waals surface area contributed by atoms with Crippen molar-refractivity contribution in [2.45, 2.75) is 20.4 Å². The first-order valence-corrected chi connectivity index (χ1v) is 11.1. The van der Waals surface area contributed by atoms with Gasteiger partial charge in [0.2, 0.25) is 5.69 Å². The molecule has 10 heteroatoms. The third kappa shape index (κ3) is 4.84. The third-order valence-corrected chi connectivity index (χ3v) is 5.17. The van der Waals surface area contributed by atoms with Crippen LogP contribution in [0.25, 0.3) is 16.9 Å². The maximum Gasteiger partial charge on any atom is 0.361 e. The fourth-order valence-electron chi connectivity index (χ4n) is 3.41. The Kier molecular flexibility index (Phi) is 7.03. The molecule has 0 fully saturated rings. The monoisotopic (exact) mass is 479 g/mol. The topological polar surface area (TPSA) is 101 Å². The minimum absolute atomic E-state index is 0.0742. The van der Waals surface area contributed by atoms with Crippen molar-refractivity contribution in [3.63, 3.8) is 0 Å². The quantitative estimate of drug-likeness (QED) is 0.349. The molecule has 4 rings (SSSR count). The van der Waals surface area contributed by atoms with Crippen LogP contribution >= 0.6 is 11.6 Å². The molecule has 0 aliphatic rings.